The number of esters is 1. The smallest absolute Gasteiger partial charge is 0.310 e. The SMILES string of the molecule is COC(=O)Cc1c(C)nn(-c2cnccn2)c1-c1ccccc1. The van der Waals surface area contributed by atoms with Crippen molar-refractivity contribution < 1.29 is 9.53 Å². The highest BCUT2D eigenvalue weighted by atomic mass is 16.5. The Morgan fingerprint density at radius 2 is 2.00 bits per heavy atom. The molecule has 0 saturated heterocycles. The third-order valence-corrected chi connectivity index (χ3v) is 3.55. The van der Waals surface area contributed by atoms with Gasteiger partial charge in [0.05, 0.1) is 31.1 Å². The number of rotatable bonds is 4. The number of ether oxygens (including phenoxy) is 1. The van der Waals surface area contributed by atoms with Gasteiger partial charge in [-0.15, -0.1) is 0 Å². The fourth-order valence-corrected chi connectivity index (χ4v) is 2.45. The summed E-state index contributed by atoms with van der Waals surface area (Å²) in [6.07, 6.45) is 5.02. The van der Waals surface area contributed by atoms with Crippen LogP contribution in [0, 0.1) is 6.92 Å². The van der Waals surface area contributed by atoms with Gasteiger partial charge in [0, 0.05) is 23.5 Å². The van der Waals surface area contributed by atoms with Gasteiger partial charge in [-0.05, 0) is 6.92 Å². The van der Waals surface area contributed by atoms with Crippen molar-refractivity contribution in [3.8, 4) is 17.1 Å². The Morgan fingerprint density at radius 3 is 2.65 bits per heavy atom. The molecule has 6 heteroatoms. The van der Waals surface area contributed by atoms with E-state index in [9.17, 15) is 4.79 Å². The molecule has 23 heavy (non-hydrogen) atoms. The first kappa shape index (κ1) is 14.9. The van der Waals surface area contributed by atoms with Crippen LogP contribution in [0.5, 0.6) is 0 Å². The Bertz CT molecular complexity index is 813. The summed E-state index contributed by atoms with van der Waals surface area (Å²) in [5.41, 5.74) is 3.38. The molecular weight excluding hydrogens is 292 g/mol. The van der Waals surface area contributed by atoms with Crippen molar-refractivity contribution in [1.82, 2.24) is 19.7 Å². The lowest BCUT2D eigenvalue weighted by Gasteiger charge is -2.09. The van der Waals surface area contributed by atoms with Crippen molar-refractivity contribution in [3.05, 3.63) is 60.2 Å². The minimum atomic E-state index is -0.302. The topological polar surface area (TPSA) is 69.9 Å². The van der Waals surface area contributed by atoms with E-state index in [1.165, 1.54) is 7.11 Å². The maximum Gasteiger partial charge on any atom is 0.310 e. The molecule has 0 bridgehead atoms. The van der Waals surface area contributed by atoms with Crippen LogP contribution in [0.1, 0.15) is 11.3 Å². The van der Waals surface area contributed by atoms with Crippen molar-refractivity contribution in [2.75, 3.05) is 7.11 Å². The summed E-state index contributed by atoms with van der Waals surface area (Å²) < 4.78 is 6.53. The third kappa shape index (κ3) is 2.96. The predicted molar refractivity (Wildman–Crippen MR) is 85.0 cm³/mol. The quantitative estimate of drug-likeness (QED) is 0.692. The van der Waals surface area contributed by atoms with Crippen LogP contribution in [0.25, 0.3) is 17.1 Å². The van der Waals surface area contributed by atoms with E-state index in [-0.39, 0.29) is 12.4 Å². The summed E-state index contributed by atoms with van der Waals surface area (Å²) in [5.74, 6) is 0.301. The van der Waals surface area contributed by atoms with E-state index in [0.29, 0.717) is 5.82 Å². The van der Waals surface area contributed by atoms with E-state index in [1.807, 2.05) is 37.3 Å². The number of methoxy groups -OCH3 is 1. The molecule has 0 fully saturated rings. The molecule has 0 aliphatic rings. The average molecular weight is 308 g/mol. The summed E-state index contributed by atoms with van der Waals surface area (Å²) in [4.78, 5) is 20.2. The molecule has 0 N–H and O–H groups in total. The van der Waals surface area contributed by atoms with Gasteiger partial charge in [0.1, 0.15) is 0 Å². The predicted octanol–water partition coefficient (Wildman–Crippen LogP) is 2.35. The molecule has 0 aliphatic heterocycles. The van der Waals surface area contributed by atoms with Crippen LogP contribution in [0.3, 0.4) is 0 Å². The number of hydrogen-bond donors (Lipinski definition) is 0. The zero-order valence-electron chi connectivity index (χ0n) is 12.9. The highest BCUT2D eigenvalue weighted by molar-refractivity contribution is 5.77. The minimum Gasteiger partial charge on any atom is -0.469 e. The first-order valence-electron chi connectivity index (χ1n) is 7.18. The number of aryl methyl sites for hydroxylation is 1. The Labute approximate surface area is 133 Å². The zero-order chi connectivity index (χ0) is 16.2. The second-order valence-corrected chi connectivity index (χ2v) is 5.01. The van der Waals surface area contributed by atoms with Gasteiger partial charge in [-0.1, -0.05) is 30.3 Å². The highest BCUT2D eigenvalue weighted by Crippen LogP contribution is 2.28. The van der Waals surface area contributed by atoms with Gasteiger partial charge in [-0.25, -0.2) is 9.67 Å². The summed E-state index contributed by atoms with van der Waals surface area (Å²) in [6, 6.07) is 9.79. The van der Waals surface area contributed by atoms with Crippen LogP contribution in [-0.4, -0.2) is 32.8 Å². The number of benzene rings is 1. The number of hydrogen-bond acceptors (Lipinski definition) is 5. The van der Waals surface area contributed by atoms with E-state index in [4.69, 9.17) is 4.74 Å². The average Bonchev–Trinajstić information content (AvgIpc) is 2.93. The van der Waals surface area contributed by atoms with E-state index in [2.05, 4.69) is 15.1 Å². The van der Waals surface area contributed by atoms with Crippen molar-refractivity contribution >= 4 is 5.97 Å². The molecule has 3 aromatic rings. The lowest BCUT2D eigenvalue weighted by molar-refractivity contribution is -0.139. The molecule has 116 valence electrons. The molecule has 0 spiro atoms. The Balaban J connectivity index is 2.21. The fourth-order valence-electron chi connectivity index (χ4n) is 2.45. The normalized spacial score (nSPS) is 10.5. The third-order valence-electron chi connectivity index (χ3n) is 3.55. The molecule has 0 saturated carbocycles. The van der Waals surface area contributed by atoms with Crippen LogP contribution in [0.15, 0.2) is 48.9 Å². The standard InChI is InChI=1S/C17H16N4O2/c1-12-14(10-16(22)23-2)17(13-6-4-3-5-7-13)21(20-12)15-11-18-8-9-19-15/h3-9,11H,10H2,1-2H3. The fraction of sp³-hybridized carbons (Fsp3) is 0.176. The Kier molecular flexibility index (Phi) is 4.14. The number of carbonyl (C=O) groups is 1. The number of carbonyl (C=O) groups excluding carboxylic acids is 1. The van der Waals surface area contributed by atoms with Gasteiger partial charge in [0.15, 0.2) is 5.82 Å². The van der Waals surface area contributed by atoms with E-state index < -0.39 is 0 Å². The zero-order valence-corrected chi connectivity index (χ0v) is 12.9. The summed E-state index contributed by atoms with van der Waals surface area (Å²) in [6.45, 7) is 1.87. The summed E-state index contributed by atoms with van der Waals surface area (Å²) >= 11 is 0. The van der Waals surface area contributed by atoms with Gasteiger partial charge in [0.25, 0.3) is 0 Å². The van der Waals surface area contributed by atoms with Crippen molar-refractivity contribution in [2.24, 2.45) is 0 Å². The number of aromatic nitrogens is 4. The van der Waals surface area contributed by atoms with Crippen molar-refractivity contribution in [2.45, 2.75) is 13.3 Å². The van der Waals surface area contributed by atoms with Crippen LogP contribution in [0.4, 0.5) is 0 Å². The van der Waals surface area contributed by atoms with E-state index in [0.717, 1.165) is 22.5 Å². The van der Waals surface area contributed by atoms with Gasteiger partial charge in [-0.3, -0.25) is 9.78 Å². The molecule has 0 amide bonds. The first-order valence-corrected chi connectivity index (χ1v) is 7.18. The molecular formula is C17H16N4O2. The Morgan fingerprint density at radius 1 is 1.22 bits per heavy atom. The Hall–Kier alpha value is -3.02. The lowest BCUT2D eigenvalue weighted by Crippen LogP contribution is -2.07. The maximum atomic E-state index is 11.8. The van der Waals surface area contributed by atoms with Crippen LogP contribution in [0.2, 0.25) is 0 Å². The van der Waals surface area contributed by atoms with E-state index in [1.54, 1.807) is 23.3 Å². The molecule has 6 nitrogen and oxygen atoms in total. The maximum absolute atomic E-state index is 11.8. The van der Waals surface area contributed by atoms with Crippen LogP contribution >= 0.6 is 0 Å². The van der Waals surface area contributed by atoms with Crippen LogP contribution < -0.4 is 0 Å². The molecule has 2 aromatic heterocycles. The van der Waals surface area contributed by atoms with E-state index >= 15 is 0 Å². The summed E-state index contributed by atoms with van der Waals surface area (Å²) in [5, 5.41) is 4.55. The van der Waals surface area contributed by atoms with Gasteiger partial charge < -0.3 is 4.74 Å². The monoisotopic (exact) mass is 308 g/mol. The van der Waals surface area contributed by atoms with Crippen LogP contribution in [-0.2, 0) is 16.0 Å². The molecule has 0 radical (unpaired) electrons. The molecule has 0 aliphatic carbocycles. The second kappa shape index (κ2) is 6.39. The highest BCUT2D eigenvalue weighted by Gasteiger charge is 2.21. The second-order valence-electron chi connectivity index (χ2n) is 5.01. The largest absolute Gasteiger partial charge is 0.469 e. The first-order chi connectivity index (χ1) is 11.2. The summed E-state index contributed by atoms with van der Waals surface area (Å²) in [7, 11) is 1.38. The van der Waals surface area contributed by atoms with Crippen molar-refractivity contribution in [1.29, 1.82) is 0 Å². The molecule has 3 rings (SSSR count). The minimum absolute atomic E-state index is 0.160. The van der Waals surface area contributed by atoms with Gasteiger partial charge in [0.2, 0.25) is 0 Å². The molecule has 1 aromatic carbocycles. The molecule has 0 atom stereocenters. The molecule has 2 heterocycles. The lowest BCUT2D eigenvalue weighted by atomic mass is 10.0. The molecule has 0 unspecified atom stereocenters. The van der Waals surface area contributed by atoms with Gasteiger partial charge in [-0.2, -0.15) is 5.10 Å². The number of nitrogens with zero attached hydrogens (tertiary/aromatic N) is 4. The van der Waals surface area contributed by atoms with Crippen molar-refractivity contribution in [3.63, 3.8) is 0 Å². The van der Waals surface area contributed by atoms with Gasteiger partial charge >= 0.3 is 5.97 Å².